The molecule has 0 spiro atoms. The number of halogens is 1. The maximum Gasteiger partial charge on any atom is 0.222 e. The lowest BCUT2D eigenvalue weighted by atomic mass is 10.0. The summed E-state index contributed by atoms with van der Waals surface area (Å²) in [6, 6.07) is 9.06. The smallest absolute Gasteiger partial charge is 0.222 e. The normalized spacial score (nSPS) is 16.6. The second-order valence-corrected chi connectivity index (χ2v) is 7.59. The van der Waals surface area contributed by atoms with E-state index in [1.54, 1.807) is 25.4 Å². The Bertz CT molecular complexity index is 989. The molecule has 0 radical (unpaired) electrons. The zero-order valence-electron chi connectivity index (χ0n) is 17.0. The third-order valence-corrected chi connectivity index (χ3v) is 5.45. The van der Waals surface area contributed by atoms with Crippen molar-refractivity contribution in [3.8, 4) is 11.1 Å². The van der Waals surface area contributed by atoms with E-state index >= 15 is 0 Å². The van der Waals surface area contributed by atoms with Crippen molar-refractivity contribution in [2.75, 3.05) is 19.7 Å². The molecule has 2 aromatic heterocycles. The molecular weight excluding hydrogens is 383 g/mol. The molecule has 1 N–H and O–H groups in total. The number of pyridine rings is 1. The summed E-state index contributed by atoms with van der Waals surface area (Å²) in [6.07, 6.45) is 7.12. The van der Waals surface area contributed by atoms with E-state index in [2.05, 4.69) is 15.2 Å². The summed E-state index contributed by atoms with van der Waals surface area (Å²) in [5.74, 6) is -0.0715. The standard InChI is InChI=1S/C23H25FN4O2/c1-16-11-17(5-7-20(16)24)3-2-4-23(29)28-9-10-30-22(15-28)21-8-6-18(12-25-21)19-13-26-27-14-19/h5-8,11-14,22H,2-4,9-10,15H2,1H3,(H,26,27). The fraction of sp³-hybridized carbons (Fsp3) is 0.348. The van der Waals surface area contributed by atoms with E-state index in [9.17, 15) is 9.18 Å². The van der Waals surface area contributed by atoms with Crippen LogP contribution < -0.4 is 0 Å². The number of aromatic nitrogens is 3. The number of aryl methyl sites for hydroxylation is 2. The van der Waals surface area contributed by atoms with E-state index in [0.29, 0.717) is 31.7 Å². The Kier molecular flexibility index (Phi) is 6.18. The molecule has 1 aliphatic heterocycles. The SMILES string of the molecule is Cc1cc(CCCC(=O)N2CCOC(c3ccc(-c4cn[nH]c4)cn3)C2)ccc1F. The van der Waals surface area contributed by atoms with Gasteiger partial charge in [0.15, 0.2) is 0 Å². The zero-order valence-corrected chi connectivity index (χ0v) is 17.0. The maximum atomic E-state index is 13.4. The number of carbonyl (C=O) groups is 1. The average molecular weight is 408 g/mol. The van der Waals surface area contributed by atoms with Crippen molar-refractivity contribution < 1.29 is 13.9 Å². The molecule has 0 bridgehead atoms. The molecule has 1 unspecified atom stereocenters. The number of nitrogens with zero attached hydrogens (tertiary/aromatic N) is 3. The van der Waals surface area contributed by atoms with Gasteiger partial charge in [0.05, 0.1) is 25.0 Å². The summed E-state index contributed by atoms with van der Waals surface area (Å²) >= 11 is 0. The van der Waals surface area contributed by atoms with Crippen molar-refractivity contribution >= 4 is 5.91 Å². The minimum atomic E-state index is -0.221. The highest BCUT2D eigenvalue weighted by atomic mass is 19.1. The topological polar surface area (TPSA) is 71.1 Å². The highest BCUT2D eigenvalue weighted by Gasteiger charge is 2.26. The number of benzene rings is 1. The summed E-state index contributed by atoms with van der Waals surface area (Å²) in [4.78, 5) is 19.1. The molecule has 3 aromatic rings. The van der Waals surface area contributed by atoms with Gasteiger partial charge in [-0.15, -0.1) is 0 Å². The first-order valence-corrected chi connectivity index (χ1v) is 10.2. The molecule has 1 amide bonds. The number of aromatic amines is 1. The predicted molar refractivity (Wildman–Crippen MR) is 111 cm³/mol. The van der Waals surface area contributed by atoms with Gasteiger partial charge in [0.1, 0.15) is 11.9 Å². The van der Waals surface area contributed by atoms with Crippen molar-refractivity contribution in [3.05, 3.63) is 71.6 Å². The Hall–Kier alpha value is -3.06. The number of hydrogen-bond donors (Lipinski definition) is 1. The molecule has 30 heavy (non-hydrogen) atoms. The lowest BCUT2D eigenvalue weighted by Gasteiger charge is -2.32. The molecule has 1 fully saturated rings. The van der Waals surface area contributed by atoms with E-state index < -0.39 is 0 Å². The average Bonchev–Trinajstić information content (AvgIpc) is 3.31. The van der Waals surface area contributed by atoms with E-state index in [4.69, 9.17) is 4.74 Å². The Morgan fingerprint density at radius 1 is 1.27 bits per heavy atom. The highest BCUT2D eigenvalue weighted by molar-refractivity contribution is 5.76. The van der Waals surface area contributed by atoms with E-state index in [0.717, 1.165) is 35.2 Å². The fourth-order valence-electron chi connectivity index (χ4n) is 3.69. The predicted octanol–water partition coefficient (Wildman–Crippen LogP) is 3.84. The van der Waals surface area contributed by atoms with E-state index in [-0.39, 0.29) is 17.8 Å². The van der Waals surface area contributed by atoms with Crippen molar-refractivity contribution in [3.63, 3.8) is 0 Å². The number of hydrogen-bond acceptors (Lipinski definition) is 4. The van der Waals surface area contributed by atoms with Crippen LogP contribution in [0.4, 0.5) is 4.39 Å². The largest absolute Gasteiger partial charge is 0.368 e. The summed E-state index contributed by atoms with van der Waals surface area (Å²) in [5.41, 5.74) is 4.48. The van der Waals surface area contributed by atoms with Gasteiger partial charge in [0.25, 0.3) is 0 Å². The summed E-state index contributed by atoms with van der Waals surface area (Å²) in [6.45, 7) is 3.36. The molecular formula is C23H25FN4O2. The van der Waals surface area contributed by atoms with Crippen LogP contribution >= 0.6 is 0 Å². The van der Waals surface area contributed by atoms with Crippen LogP contribution in [-0.2, 0) is 16.0 Å². The van der Waals surface area contributed by atoms with Gasteiger partial charge in [-0.05, 0) is 43.0 Å². The van der Waals surface area contributed by atoms with Gasteiger partial charge in [-0.2, -0.15) is 5.10 Å². The molecule has 4 rings (SSSR count). The number of nitrogens with one attached hydrogen (secondary N) is 1. The first kappa shape index (κ1) is 20.2. The Balaban J connectivity index is 1.30. The van der Waals surface area contributed by atoms with Crippen LogP contribution in [0.3, 0.4) is 0 Å². The Labute approximate surface area is 175 Å². The Morgan fingerprint density at radius 3 is 2.90 bits per heavy atom. The third-order valence-electron chi connectivity index (χ3n) is 5.45. The van der Waals surface area contributed by atoms with Gasteiger partial charge in [-0.3, -0.25) is 14.9 Å². The van der Waals surface area contributed by atoms with Crippen LogP contribution in [-0.4, -0.2) is 45.7 Å². The zero-order chi connectivity index (χ0) is 20.9. The molecule has 156 valence electrons. The monoisotopic (exact) mass is 408 g/mol. The van der Waals surface area contributed by atoms with Crippen LogP contribution in [0.15, 0.2) is 48.9 Å². The van der Waals surface area contributed by atoms with Crippen molar-refractivity contribution in [2.24, 2.45) is 0 Å². The summed E-state index contributed by atoms with van der Waals surface area (Å²) < 4.78 is 19.2. The molecule has 1 aromatic carbocycles. The lowest BCUT2D eigenvalue weighted by molar-refractivity contribution is -0.139. The number of carbonyl (C=O) groups excluding carboxylic acids is 1. The van der Waals surface area contributed by atoms with Gasteiger partial charge in [-0.1, -0.05) is 18.2 Å². The van der Waals surface area contributed by atoms with Crippen molar-refractivity contribution in [1.82, 2.24) is 20.1 Å². The number of morpholine rings is 1. The minimum Gasteiger partial charge on any atom is -0.368 e. The second-order valence-electron chi connectivity index (χ2n) is 7.59. The van der Waals surface area contributed by atoms with Crippen LogP contribution in [0.25, 0.3) is 11.1 Å². The molecule has 7 heteroatoms. The first-order chi connectivity index (χ1) is 14.6. The van der Waals surface area contributed by atoms with Gasteiger partial charge in [-0.25, -0.2) is 4.39 Å². The lowest BCUT2D eigenvalue weighted by Crippen LogP contribution is -2.42. The van der Waals surface area contributed by atoms with Crippen LogP contribution in [0.5, 0.6) is 0 Å². The quantitative estimate of drug-likeness (QED) is 0.673. The van der Waals surface area contributed by atoms with E-state index in [1.165, 1.54) is 6.07 Å². The fourth-order valence-corrected chi connectivity index (χ4v) is 3.69. The van der Waals surface area contributed by atoms with Crippen LogP contribution in [0.1, 0.15) is 35.8 Å². The van der Waals surface area contributed by atoms with Gasteiger partial charge >= 0.3 is 0 Å². The molecule has 0 saturated carbocycles. The number of rotatable bonds is 6. The molecule has 6 nitrogen and oxygen atoms in total. The number of ether oxygens (including phenoxy) is 1. The van der Waals surface area contributed by atoms with Crippen molar-refractivity contribution in [2.45, 2.75) is 32.3 Å². The minimum absolute atomic E-state index is 0.122. The summed E-state index contributed by atoms with van der Waals surface area (Å²) in [7, 11) is 0. The molecule has 1 atom stereocenters. The molecule has 0 aliphatic carbocycles. The van der Waals surface area contributed by atoms with Gasteiger partial charge < -0.3 is 9.64 Å². The summed E-state index contributed by atoms with van der Waals surface area (Å²) in [5, 5.41) is 6.75. The number of H-pyrrole nitrogens is 1. The van der Waals surface area contributed by atoms with Crippen LogP contribution in [0.2, 0.25) is 0 Å². The molecule has 1 saturated heterocycles. The van der Waals surface area contributed by atoms with Crippen molar-refractivity contribution in [1.29, 1.82) is 0 Å². The highest BCUT2D eigenvalue weighted by Crippen LogP contribution is 2.24. The van der Waals surface area contributed by atoms with E-state index in [1.807, 2.05) is 29.3 Å². The van der Waals surface area contributed by atoms with Crippen LogP contribution in [0, 0.1) is 12.7 Å². The third kappa shape index (κ3) is 4.74. The molecule has 3 heterocycles. The second kappa shape index (κ2) is 9.17. The number of amides is 1. The van der Waals surface area contributed by atoms with Gasteiger partial charge in [0, 0.05) is 36.5 Å². The molecule has 1 aliphatic rings. The maximum absolute atomic E-state index is 13.4. The Morgan fingerprint density at radius 2 is 2.17 bits per heavy atom. The first-order valence-electron chi connectivity index (χ1n) is 10.2. The van der Waals surface area contributed by atoms with Gasteiger partial charge in [0.2, 0.25) is 5.91 Å².